The van der Waals surface area contributed by atoms with Crippen LogP contribution in [0, 0.1) is 0 Å². The molecule has 0 aromatic heterocycles. The first-order chi connectivity index (χ1) is 10.6. The molecule has 0 unspecified atom stereocenters. The zero-order valence-corrected chi connectivity index (χ0v) is 13.6. The molecule has 0 saturated carbocycles. The van der Waals surface area contributed by atoms with Crippen LogP contribution in [-0.2, 0) is 9.53 Å². The Morgan fingerprint density at radius 2 is 1.68 bits per heavy atom. The van der Waals surface area contributed by atoms with Crippen molar-refractivity contribution in [1.82, 2.24) is 0 Å². The van der Waals surface area contributed by atoms with Crippen molar-refractivity contribution < 1.29 is 14.3 Å². The molecule has 0 radical (unpaired) electrons. The van der Waals surface area contributed by atoms with Crippen LogP contribution in [0.3, 0.4) is 0 Å². The van der Waals surface area contributed by atoms with Gasteiger partial charge in [-0.3, -0.25) is 4.79 Å². The second-order valence-corrected chi connectivity index (χ2v) is 5.61. The molecule has 2 aromatic rings. The van der Waals surface area contributed by atoms with Gasteiger partial charge in [0, 0.05) is 16.1 Å². The van der Waals surface area contributed by atoms with Crippen molar-refractivity contribution in [2.45, 2.75) is 13.0 Å². The van der Waals surface area contributed by atoms with Gasteiger partial charge in [0.2, 0.25) is 5.78 Å². The zero-order chi connectivity index (χ0) is 15.9. The minimum absolute atomic E-state index is 0.228. The number of carbonyl (C=O) groups is 2. The molecule has 3 nitrogen and oxygen atoms in total. The molecular formula is C18H15BrO3. The molecule has 2 rings (SSSR count). The summed E-state index contributed by atoms with van der Waals surface area (Å²) >= 11 is 3.31. The molecule has 0 amide bonds. The molecule has 0 spiro atoms. The van der Waals surface area contributed by atoms with Crippen molar-refractivity contribution in [3.8, 4) is 0 Å². The highest BCUT2D eigenvalue weighted by atomic mass is 79.9. The van der Waals surface area contributed by atoms with Gasteiger partial charge in [-0.1, -0.05) is 58.4 Å². The summed E-state index contributed by atoms with van der Waals surface area (Å²) in [6.07, 6.45) is 2.15. The summed E-state index contributed by atoms with van der Waals surface area (Å²) in [6, 6.07) is 16.3. The van der Waals surface area contributed by atoms with E-state index in [4.69, 9.17) is 4.74 Å². The lowest BCUT2D eigenvalue weighted by Crippen LogP contribution is -2.23. The summed E-state index contributed by atoms with van der Waals surface area (Å²) in [5, 5.41) is 0. The van der Waals surface area contributed by atoms with Gasteiger partial charge in [0.25, 0.3) is 0 Å². The summed E-state index contributed by atoms with van der Waals surface area (Å²) in [6.45, 7) is 1.57. The van der Waals surface area contributed by atoms with Crippen molar-refractivity contribution in [3.05, 3.63) is 76.3 Å². The third-order valence-corrected chi connectivity index (χ3v) is 3.53. The summed E-state index contributed by atoms with van der Waals surface area (Å²) < 4.78 is 6.02. The van der Waals surface area contributed by atoms with Crippen LogP contribution in [0.1, 0.15) is 22.8 Å². The average Bonchev–Trinajstić information content (AvgIpc) is 2.54. The third kappa shape index (κ3) is 4.67. The van der Waals surface area contributed by atoms with E-state index in [0.717, 1.165) is 10.0 Å². The van der Waals surface area contributed by atoms with Gasteiger partial charge in [0.15, 0.2) is 6.10 Å². The second-order valence-electron chi connectivity index (χ2n) is 4.69. The molecule has 0 fully saturated rings. The molecule has 0 aliphatic heterocycles. The number of ketones is 1. The van der Waals surface area contributed by atoms with Gasteiger partial charge in [0.1, 0.15) is 0 Å². The highest BCUT2D eigenvalue weighted by Crippen LogP contribution is 2.13. The number of Topliss-reactive ketones (excluding diaryl/α,β-unsaturated/α-hetero) is 1. The lowest BCUT2D eigenvalue weighted by molar-refractivity contribution is -0.140. The Bertz CT molecular complexity index is 675. The Morgan fingerprint density at radius 3 is 2.32 bits per heavy atom. The van der Waals surface area contributed by atoms with Crippen molar-refractivity contribution in [2.75, 3.05) is 0 Å². The predicted octanol–water partition coefficient (Wildman–Crippen LogP) is 4.28. The predicted molar refractivity (Wildman–Crippen MR) is 89.5 cm³/mol. The fourth-order valence-corrected chi connectivity index (χ4v) is 2.11. The molecule has 2 aromatic carbocycles. The maximum atomic E-state index is 12.1. The van der Waals surface area contributed by atoms with E-state index in [1.54, 1.807) is 37.3 Å². The van der Waals surface area contributed by atoms with E-state index in [1.165, 1.54) is 6.08 Å². The Balaban J connectivity index is 1.94. The molecular weight excluding hydrogens is 344 g/mol. The number of carbonyl (C=O) groups excluding carboxylic acids is 2. The summed E-state index contributed by atoms with van der Waals surface area (Å²) in [4.78, 5) is 23.9. The van der Waals surface area contributed by atoms with Crippen molar-refractivity contribution >= 4 is 33.8 Å². The first kappa shape index (κ1) is 16.2. The maximum Gasteiger partial charge on any atom is 0.331 e. The molecule has 112 valence electrons. The molecule has 4 heteroatoms. The Labute approximate surface area is 137 Å². The van der Waals surface area contributed by atoms with Gasteiger partial charge in [-0.25, -0.2) is 4.79 Å². The Hall–Kier alpha value is -2.20. The van der Waals surface area contributed by atoms with E-state index in [2.05, 4.69) is 15.9 Å². The highest BCUT2D eigenvalue weighted by molar-refractivity contribution is 9.10. The molecule has 0 bridgehead atoms. The van der Waals surface area contributed by atoms with Gasteiger partial charge in [-0.05, 0) is 30.7 Å². The largest absolute Gasteiger partial charge is 0.451 e. The van der Waals surface area contributed by atoms with Gasteiger partial charge in [-0.15, -0.1) is 0 Å². The van der Waals surface area contributed by atoms with Crippen molar-refractivity contribution in [2.24, 2.45) is 0 Å². The van der Waals surface area contributed by atoms with E-state index in [-0.39, 0.29) is 5.78 Å². The average molecular weight is 359 g/mol. The van der Waals surface area contributed by atoms with Crippen LogP contribution in [0.4, 0.5) is 0 Å². The summed E-state index contributed by atoms with van der Waals surface area (Å²) in [7, 11) is 0. The molecule has 1 atom stereocenters. The van der Waals surface area contributed by atoms with E-state index in [0.29, 0.717) is 5.56 Å². The fourth-order valence-electron chi connectivity index (χ4n) is 1.84. The summed E-state index contributed by atoms with van der Waals surface area (Å²) in [5.41, 5.74) is 1.40. The SMILES string of the molecule is C[C@H](OC(=O)/C=C/c1ccccc1)C(=O)c1ccc(Br)cc1. The second kappa shape index (κ2) is 7.71. The lowest BCUT2D eigenvalue weighted by Gasteiger charge is -2.10. The van der Waals surface area contributed by atoms with E-state index in [1.807, 2.05) is 30.3 Å². The lowest BCUT2D eigenvalue weighted by atomic mass is 10.1. The van der Waals surface area contributed by atoms with Crippen molar-refractivity contribution in [1.29, 1.82) is 0 Å². The number of hydrogen-bond donors (Lipinski definition) is 0. The smallest absolute Gasteiger partial charge is 0.331 e. The van der Waals surface area contributed by atoms with Crippen LogP contribution < -0.4 is 0 Å². The van der Waals surface area contributed by atoms with E-state index < -0.39 is 12.1 Å². The molecule has 0 saturated heterocycles. The molecule has 0 heterocycles. The number of esters is 1. The van der Waals surface area contributed by atoms with Crippen LogP contribution in [0.15, 0.2) is 65.1 Å². The van der Waals surface area contributed by atoms with Gasteiger partial charge in [0.05, 0.1) is 0 Å². The molecule has 0 N–H and O–H groups in total. The molecule has 0 aliphatic carbocycles. The van der Waals surface area contributed by atoms with E-state index in [9.17, 15) is 9.59 Å². The maximum absolute atomic E-state index is 12.1. The number of rotatable bonds is 5. The fraction of sp³-hybridized carbons (Fsp3) is 0.111. The number of benzene rings is 2. The number of ether oxygens (including phenoxy) is 1. The minimum atomic E-state index is -0.825. The quantitative estimate of drug-likeness (QED) is 0.455. The standard InChI is InChI=1S/C18H15BrO3/c1-13(18(21)15-8-10-16(19)11-9-15)22-17(20)12-7-14-5-3-2-4-6-14/h2-13H,1H3/b12-7+/t13-/m0/s1. The Kier molecular flexibility index (Phi) is 5.67. The van der Waals surface area contributed by atoms with Crippen LogP contribution in [0.5, 0.6) is 0 Å². The first-order valence-electron chi connectivity index (χ1n) is 6.80. The number of halogens is 1. The van der Waals surface area contributed by atoms with Crippen LogP contribution in [0.2, 0.25) is 0 Å². The molecule has 0 aliphatic rings. The normalized spacial score (nSPS) is 12.1. The van der Waals surface area contributed by atoms with Crippen LogP contribution >= 0.6 is 15.9 Å². The van der Waals surface area contributed by atoms with Crippen LogP contribution in [-0.4, -0.2) is 17.9 Å². The van der Waals surface area contributed by atoms with Gasteiger partial charge < -0.3 is 4.74 Å². The van der Waals surface area contributed by atoms with Crippen LogP contribution in [0.25, 0.3) is 6.08 Å². The highest BCUT2D eigenvalue weighted by Gasteiger charge is 2.18. The van der Waals surface area contributed by atoms with E-state index >= 15 is 0 Å². The van der Waals surface area contributed by atoms with Gasteiger partial charge >= 0.3 is 5.97 Å². The molecule has 22 heavy (non-hydrogen) atoms. The first-order valence-corrected chi connectivity index (χ1v) is 7.59. The third-order valence-electron chi connectivity index (χ3n) is 3.00. The number of hydrogen-bond acceptors (Lipinski definition) is 3. The van der Waals surface area contributed by atoms with Crippen molar-refractivity contribution in [3.63, 3.8) is 0 Å². The monoisotopic (exact) mass is 358 g/mol. The zero-order valence-electron chi connectivity index (χ0n) is 12.0. The Morgan fingerprint density at radius 1 is 1.05 bits per heavy atom. The van der Waals surface area contributed by atoms with Gasteiger partial charge in [-0.2, -0.15) is 0 Å². The summed E-state index contributed by atoms with van der Waals surface area (Å²) in [5.74, 6) is -0.768. The minimum Gasteiger partial charge on any atom is -0.451 e. The topological polar surface area (TPSA) is 43.4 Å².